The average molecular weight is 566 g/mol. The van der Waals surface area contributed by atoms with Crippen molar-refractivity contribution in [3.63, 3.8) is 0 Å². The van der Waals surface area contributed by atoms with E-state index in [9.17, 15) is 19.2 Å². The number of allylic oxidation sites excluding steroid dienone is 2. The number of rotatable bonds is 2. The fourth-order valence-corrected chi connectivity index (χ4v) is 11.9. The van der Waals surface area contributed by atoms with Crippen LogP contribution < -0.4 is 0 Å². The molecule has 0 aromatic carbocycles. The Labute approximate surface area is 246 Å². The number of fused-ring (bicyclic) bond motifs is 7. The molecule has 4 saturated carbocycles. The summed E-state index contributed by atoms with van der Waals surface area (Å²) in [7, 11) is 0. The highest BCUT2D eigenvalue weighted by Crippen LogP contribution is 2.75. The van der Waals surface area contributed by atoms with Crippen LogP contribution in [0.1, 0.15) is 93.4 Å². The van der Waals surface area contributed by atoms with Gasteiger partial charge in [0.1, 0.15) is 11.7 Å². The number of ether oxygens (including phenoxy) is 1. The first-order valence-electron chi connectivity index (χ1n) is 16.3. The molecule has 0 N–H and O–H groups in total. The molecule has 1 saturated heterocycles. The Bertz CT molecular complexity index is 1200. The lowest BCUT2D eigenvalue weighted by molar-refractivity contribution is -0.200. The van der Waals surface area contributed by atoms with Gasteiger partial charge in [-0.2, -0.15) is 0 Å². The van der Waals surface area contributed by atoms with E-state index in [1.807, 2.05) is 6.08 Å². The molecule has 6 rings (SSSR count). The van der Waals surface area contributed by atoms with Gasteiger partial charge in [0.15, 0.2) is 11.6 Å². The van der Waals surface area contributed by atoms with Crippen LogP contribution in [-0.4, -0.2) is 55.0 Å². The number of morpholine rings is 1. The summed E-state index contributed by atoms with van der Waals surface area (Å²) in [5.41, 5.74) is -0.763. The summed E-state index contributed by atoms with van der Waals surface area (Å²) in [6, 6.07) is 0. The van der Waals surface area contributed by atoms with Crippen LogP contribution >= 0.6 is 0 Å². The van der Waals surface area contributed by atoms with E-state index >= 15 is 0 Å². The summed E-state index contributed by atoms with van der Waals surface area (Å²) in [5.74, 6) is -0.166. The van der Waals surface area contributed by atoms with Crippen LogP contribution in [0.25, 0.3) is 0 Å². The number of aldehydes is 1. The van der Waals surface area contributed by atoms with E-state index in [2.05, 4.69) is 41.5 Å². The maximum atomic E-state index is 14.7. The molecule has 6 heteroatoms. The normalized spacial score (nSPS) is 51.5. The van der Waals surface area contributed by atoms with E-state index in [1.54, 1.807) is 11.8 Å². The van der Waals surface area contributed by atoms with Crippen LogP contribution in [-0.2, 0) is 23.9 Å². The Morgan fingerprint density at radius 1 is 0.976 bits per heavy atom. The molecule has 6 nitrogen and oxygen atoms in total. The standard InChI is InChI=1S/C35H51NO5/c1-21-8-10-31(3)12-13-33(5)24(27(31)22(21)2)18-25(38)28-32(4)19-23(20-37)29(39)35(7,26(32)9-11-34(28,33)6)30(40)36-14-16-41-17-15-36/h18,20-23,26-28H,8-17,19H2,1-7H3/t21-,22+,23?,26-,27+,28-,31-,32+,33-,34-,35-/m1/s1. The Kier molecular flexibility index (Phi) is 6.66. The Hall–Kier alpha value is -1.82. The summed E-state index contributed by atoms with van der Waals surface area (Å²) in [4.78, 5) is 57.2. The van der Waals surface area contributed by atoms with Crippen molar-refractivity contribution in [3.05, 3.63) is 11.6 Å². The monoisotopic (exact) mass is 565 g/mol. The Balaban J connectivity index is 1.47. The minimum atomic E-state index is -1.32. The fraction of sp³-hybridized carbons (Fsp3) is 0.829. The van der Waals surface area contributed by atoms with Crippen molar-refractivity contribution in [2.75, 3.05) is 26.3 Å². The predicted octanol–water partition coefficient (Wildman–Crippen LogP) is 5.68. The lowest BCUT2D eigenvalue weighted by Gasteiger charge is -2.70. The maximum Gasteiger partial charge on any atom is 0.236 e. The van der Waals surface area contributed by atoms with E-state index in [0.717, 1.165) is 25.5 Å². The number of carbonyl (C=O) groups is 4. The molecule has 0 radical (unpaired) electrons. The zero-order valence-electron chi connectivity index (χ0n) is 26.4. The van der Waals surface area contributed by atoms with E-state index in [0.29, 0.717) is 50.5 Å². The first-order chi connectivity index (χ1) is 19.2. The zero-order valence-corrected chi connectivity index (χ0v) is 26.4. The molecule has 1 aliphatic heterocycles. The second-order valence-corrected chi connectivity index (χ2v) is 16.2. The molecule has 41 heavy (non-hydrogen) atoms. The highest BCUT2D eigenvalue weighted by molar-refractivity contribution is 6.12. The molecule has 0 aromatic rings. The maximum absolute atomic E-state index is 14.7. The van der Waals surface area contributed by atoms with Crippen molar-refractivity contribution in [2.45, 2.75) is 93.4 Å². The van der Waals surface area contributed by atoms with Crippen molar-refractivity contribution in [1.29, 1.82) is 0 Å². The van der Waals surface area contributed by atoms with Gasteiger partial charge in [0.05, 0.1) is 19.1 Å². The second-order valence-electron chi connectivity index (χ2n) is 16.2. The second kappa shape index (κ2) is 9.34. The smallest absolute Gasteiger partial charge is 0.236 e. The van der Waals surface area contributed by atoms with Gasteiger partial charge in [0, 0.05) is 19.0 Å². The topological polar surface area (TPSA) is 80.8 Å². The fourth-order valence-electron chi connectivity index (χ4n) is 11.9. The van der Waals surface area contributed by atoms with Crippen LogP contribution in [0.5, 0.6) is 0 Å². The quantitative estimate of drug-likeness (QED) is 0.318. The number of carbonyl (C=O) groups excluding carboxylic acids is 4. The van der Waals surface area contributed by atoms with Gasteiger partial charge in [-0.05, 0) is 103 Å². The molecule has 1 amide bonds. The molecule has 6 aliphatic rings. The summed E-state index contributed by atoms with van der Waals surface area (Å²) >= 11 is 0. The number of hydrogen-bond donors (Lipinski definition) is 0. The van der Waals surface area contributed by atoms with Gasteiger partial charge in [-0.15, -0.1) is 0 Å². The lowest BCUT2D eigenvalue weighted by atomic mass is 9.32. The van der Waals surface area contributed by atoms with Gasteiger partial charge in [0.2, 0.25) is 5.91 Å². The van der Waals surface area contributed by atoms with Crippen molar-refractivity contribution < 1.29 is 23.9 Å². The van der Waals surface area contributed by atoms with E-state index in [1.165, 1.54) is 24.8 Å². The van der Waals surface area contributed by atoms with E-state index in [4.69, 9.17) is 4.74 Å². The van der Waals surface area contributed by atoms with Gasteiger partial charge in [0.25, 0.3) is 0 Å². The molecular weight excluding hydrogens is 514 g/mol. The lowest BCUT2D eigenvalue weighted by Crippen LogP contribution is -2.70. The molecular formula is C35H51NO5. The van der Waals surface area contributed by atoms with Crippen molar-refractivity contribution in [1.82, 2.24) is 4.90 Å². The summed E-state index contributed by atoms with van der Waals surface area (Å²) in [5, 5.41) is 0. The van der Waals surface area contributed by atoms with Crippen molar-refractivity contribution in [2.24, 2.45) is 62.6 Å². The van der Waals surface area contributed by atoms with Gasteiger partial charge < -0.3 is 14.4 Å². The minimum Gasteiger partial charge on any atom is -0.378 e. The highest BCUT2D eigenvalue weighted by atomic mass is 16.5. The van der Waals surface area contributed by atoms with Crippen LogP contribution in [0.2, 0.25) is 0 Å². The predicted molar refractivity (Wildman–Crippen MR) is 157 cm³/mol. The van der Waals surface area contributed by atoms with Crippen LogP contribution in [0, 0.1) is 62.6 Å². The van der Waals surface area contributed by atoms with E-state index in [-0.39, 0.29) is 45.6 Å². The van der Waals surface area contributed by atoms with Crippen molar-refractivity contribution in [3.8, 4) is 0 Å². The molecule has 0 spiro atoms. The van der Waals surface area contributed by atoms with E-state index < -0.39 is 16.7 Å². The van der Waals surface area contributed by atoms with Crippen LogP contribution in [0.3, 0.4) is 0 Å². The first-order valence-corrected chi connectivity index (χ1v) is 16.3. The first kappa shape index (κ1) is 29.3. The molecule has 1 unspecified atom stereocenters. The molecule has 0 bridgehead atoms. The summed E-state index contributed by atoms with van der Waals surface area (Å²) < 4.78 is 5.50. The third kappa shape index (κ3) is 3.64. The number of Topliss-reactive ketones (excluding diaryl/α,β-unsaturated/α-hetero) is 1. The molecule has 1 heterocycles. The van der Waals surface area contributed by atoms with Crippen molar-refractivity contribution >= 4 is 23.8 Å². The van der Waals surface area contributed by atoms with Gasteiger partial charge in [-0.3, -0.25) is 14.4 Å². The van der Waals surface area contributed by atoms with Gasteiger partial charge in [-0.25, -0.2) is 0 Å². The summed E-state index contributed by atoms with van der Waals surface area (Å²) in [6.45, 7) is 17.8. The number of nitrogens with zero attached hydrogens (tertiary/aromatic N) is 1. The highest BCUT2D eigenvalue weighted by Gasteiger charge is 2.73. The van der Waals surface area contributed by atoms with Crippen LogP contribution in [0.15, 0.2) is 11.6 Å². The Morgan fingerprint density at radius 3 is 2.32 bits per heavy atom. The summed E-state index contributed by atoms with van der Waals surface area (Å²) in [6.07, 6.45) is 9.39. The van der Waals surface area contributed by atoms with Gasteiger partial charge >= 0.3 is 0 Å². The zero-order chi connectivity index (χ0) is 29.8. The molecule has 0 aromatic heterocycles. The van der Waals surface area contributed by atoms with Crippen LogP contribution in [0.4, 0.5) is 0 Å². The average Bonchev–Trinajstić information content (AvgIpc) is 2.94. The molecule has 5 aliphatic carbocycles. The van der Waals surface area contributed by atoms with Gasteiger partial charge in [-0.1, -0.05) is 47.1 Å². The molecule has 11 atom stereocenters. The largest absolute Gasteiger partial charge is 0.378 e. The molecule has 226 valence electrons. The third-order valence-electron chi connectivity index (χ3n) is 14.5. The number of hydrogen-bond acceptors (Lipinski definition) is 5. The Morgan fingerprint density at radius 2 is 1.66 bits per heavy atom. The number of ketones is 2. The minimum absolute atomic E-state index is 0.127. The number of amides is 1. The molecule has 5 fully saturated rings. The third-order valence-corrected chi connectivity index (χ3v) is 14.5. The SMILES string of the molecule is C[C@H]1[C@H](C)CC[C@]2(C)CC[C@]3(C)C(=CC(=O)[C@@H]4[C@@]5(C)CC(C=O)C(=O)[C@](C)(C(=O)N6CCOCC6)[C@@H]5CC[C@]43C)[C@H]12.